The molecule has 0 spiro atoms. The molecule has 1 aromatic heterocycles. The van der Waals surface area contributed by atoms with Gasteiger partial charge < -0.3 is 21.1 Å². The number of ether oxygens (including phenoxy) is 1. The fourth-order valence-corrected chi connectivity index (χ4v) is 2.55. The van der Waals surface area contributed by atoms with E-state index in [1.165, 1.54) is 7.11 Å². The number of carbonyl (C=O) groups is 2. The topological polar surface area (TPSA) is 106 Å². The molecule has 0 saturated heterocycles. The zero-order valence-electron chi connectivity index (χ0n) is 12.1. The summed E-state index contributed by atoms with van der Waals surface area (Å²) in [6, 6.07) is 1.75. The van der Waals surface area contributed by atoms with Crippen molar-refractivity contribution in [2.45, 2.75) is 0 Å². The first-order chi connectivity index (χ1) is 10.9. The highest BCUT2D eigenvalue weighted by atomic mass is 32.1. The highest BCUT2D eigenvalue weighted by molar-refractivity contribution is 7.20. The van der Waals surface area contributed by atoms with E-state index < -0.39 is 29.0 Å². The number of carbonyl (C=O) groups excluding carboxylic acids is 2. The number of hydrogen-bond donors (Lipinski definition) is 3. The zero-order valence-corrected chi connectivity index (χ0v) is 12.9. The van der Waals surface area contributed by atoms with Crippen LogP contribution in [0.25, 0.3) is 0 Å². The lowest BCUT2D eigenvalue weighted by atomic mass is 10.1. The van der Waals surface area contributed by atoms with Crippen LogP contribution in [0, 0.1) is 11.6 Å². The smallest absolute Gasteiger partial charge is 0.270 e. The lowest BCUT2D eigenvalue weighted by Gasteiger charge is -2.08. The van der Waals surface area contributed by atoms with E-state index in [0.717, 1.165) is 23.5 Å². The van der Waals surface area contributed by atoms with Gasteiger partial charge in [-0.3, -0.25) is 9.59 Å². The molecule has 2 rings (SSSR count). The summed E-state index contributed by atoms with van der Waals surface area (Å²) in [7, 11) is 2.79. The van der Waals surface area contributed by atoms with E-state index >= 15 is 0 Å². The Bertz CT molecular complexity index is 756. The molecule has 0 radical (unpaired) electrons. The van der Waals surface area contributed by atoms with E-state index in [9.17, 15) is 18.4 Å². The molecule has 10 heteroatoms. The predicted molar refractivity (Wildman–Crippen MR) is 81.0 cm³/mol. The standard InChI is InChI=1S/C13H12F2N4O3S/c1-17-13-18-9(10(16)20)12(23-13)19-11(21)8-6(14)3-5(22-2)4-7(8)15/h3-4H,1-2H3,(H2,16,20)(H,17,18)(H,19,21). The number of methoxy groups -OCH3 is 1. The summed E-state index contributed by atoms with van der Waals surface area (Å²) < 4.78 is 32.5. The second kappa shape index (κ2) is 6.57. The van der Waals surface area contributed by atoms with Crippen molar-refractivity contribution < 1.29 is 23.1 Å². The largest absolute Gasteiger partial charge is 0.497 e. The molecule has 1 heterocycles. The number of aromatic nitrogens is 1. The average Bonchev–Trinajstić information content (AvgIpc) is 2.89. The van der Waals surface area contributed by atoms with Crippen molar-refractivity contribution in [1.29, 1.82) is 0 Å². The minimum Gasteiger partial charge on any atom is -0.497 e. The quantitative estimate of drug-likeness (QED) is 0.768. The third kappa shape index (κ3) is 3.37. The van der Waals surface area contributed by atoms with E-state index in [2.05, 4.69) is 15.6 Å². The van der Waals surface area contributed by atoms with Crippen LogP contribution >= 0.6 is 11.3 Å². The maximum absolute atomic E-state index is 13.9. The van der Waals surface area contributed by atoms with Crippen molar-refractivity contribution in [3.05, 3.63) is 35.0 Å². The van der Waals surface area contributed by atoms with Gasteiger partial charge in [0, 0.05) is 19.2 Å². The number of halogens is 2. The lowest BCUT2D eigenvalue weighted by Crippen LogP contribution is -2.19. The van der Waals surface area contributed by atoms with Crippen molar-refractivity contribution >= 4 is 33.3 Å². The Kier molecular flexibility index (Phi) is 4.74. The summed E-state index contributed by atoms with van der Waals surface area (Å²) >= 11 is 0.906. The van der Waals surface area contributed by atoms with Gasteiger partial charge in [-0.25, -0.2) is 13.8 Å². The van der Waals surface area contributed by atoms with Crippen molar-refractivity contribution in [3.63, 3.8) is 0 Å². The number of anilines is 2. The third-order valence-corrected chi connectivity index (χ3v) is 3.77. The van der Waals surface area contributed by atoms with Crippen LogP contribution in [0.1, 0.15) is 20.8 Å². The molecule has 4 N–H and O–H groups in total. The Labute approximate surface area is 133 Å². The van der Waals surface area contributed by atoms with Crippen LogP contribution in [0.15, 0.2) is 12.1 Å². The molecule has 0 aliphatic heterocycles. The lowest BCUT2D eigenvalue weighted by molar-refractivity contribution is 0.0997. The van der Waals surface area contributed by atoms with Crippen molar-refractivity contribution in [1.82, 2.24) is 4.98 Å². The summed E-state index contributed by atoms with van der Waals surface area (Å²) in [5.74, 6) is -4.22. The third-order valence-electron chi connectivity index (χ3n) is 2.78. The molecule has 0 unspecified atom stereocenters. The van der Waals surface area contributed by atoms with Crippen LogP contribution in [-0.2, 0) is 0 Å². The van der Waals surface area contributed by atoms with E-state index in [0.29, 0.717) is 5.13 Å². The van der Waals surface area contributed by atoms with E-state index in [4.69, 9.17) is 10.5 Å². The van der Waals surface area contributed by atoms with Crippen LogP contribution < -0.4 is 21.1 Å². The van der Waals surface area contributed by atoms with Crippen molar-refractivity contribution in [3.8, 4) is 5.75 Å². The van der Waals surface area contributed by atoms with Gasteiger partial charge >= 0.3 is 0 Å². The van der Waals surface area contributed by atoms with E-state index in [1.54, 1.807) is 7.05 Å². The molecule has 0 atom stereocenters. The number of nitrogens with zero attached hydrogens (tertiary/aromatic N) is 1. The van der Waals surface area contributed by atoms with Crippen LogP contribution in [0.5, 0.6) is 5.75 Å². The SMILES string of the molecule is CNc1nc(C(N)=O)c(NC(=O)c2c(F)cc(OC)cc2F)s1. The number of primary amides is 1. The molecular weight excluding hydrogens is 330 g/mol. The Hall–Kier alpha value is -2.75. The Morgan fingerprint density at radius 1 is 1.30 bits per heavy atom. The Balaban J connectivity index is 2.37. The van der Waals surface area contributed by atoms with Crippen molar-refractivity contribution in [2.24, 2.45) is 5.73 Å². The van der Waals surface area contributed by atoms with Gasteiger partial charge in [0.25, 0.3) is 11.8 Å². The van der Waals surface area contributed by atoms with Gasteiger partial charge in [0.05, 0.1) is 7.11 Å². The maximum Gasteiger partial charge on any atom is 0.270 e. The van der Waals surface area contributed by atoms with Crippen LogP contribution in [0.4, 0.5) is 18.9 Å². The molecule has 0 bridgehead atoms. The molecular formula is C13H12F2N4O3S. The Morgan fingerprint density at radius 3 is 2.39 bits per heavy atom. The highest BCUT2D eigenvalue weighted by Crippen LogP contribution is 2.29. The maximum atomic E-state index is 13.9. The normalized spacial score (nSPS) is 10.3. The first-order valence-electron chi connectivity index (χ1n) is 6.20. The summed E-state index contributed by atoms with van der Waals surface area (Å²) in [6.07, 6.45) is 0. The van der Waals surface area contributed by atoms with E-state index in [1.807, 2.05) is 0 Å². The molecule has 1 aromatic carbocycles. The number of nitrogens with two attached hydrogens (primary N) is 1. The van der Waals surface area contributed by atoms with E-state index in [-0.39, 0.29) is 16.4 Å². The molecule has 0 fully saturated rings. The highest BCUT2D eigenvalue weighted by Gasteiger charge is 2.23. The molecule has 2 amide bonds. The van der Waals surface area contributed by atoms with Gasteiger partial charge in [0.15, 0.2) is 10.8 Å². The molecule has 122 valence electrons. The molecule has 0 aliphatic carbocycles. The molecule has 0 saturated carbocycles. The summed E-state index contributed by atoms with van der Waals surface area (Å²) in [4.78, 5) is 27.3. The summed E-state index contributed by atoms with van der Waals surface area (Å²) in [5.41, 5.74) is 4.14. The van der Waals surface area contributed by atoms with Gasteiger partial charge in [-0.05, 0) is 0 Å². The fourth-order valence-electron chi connectivity index (χ4n) is 1.73. The zero-order chi connectivity index (χ0) is 17.1. The molecule has 2 aromatic rings. The summed E-state index contributed by atoms with van der Waals surface area (Å²) in [5, 5.41) is 5.21. The van der Waals surface area contributed by atoms with Gasteiger partial charge in [-0.15, -0.1) is 0 Å². The number of hydrogen-bond acceptors (Lipinski definition) is 6. The second-order valence-corrected chi connectivity index (χ2v) is 5.23. The monoisotopic (exact) mass is 342 g/mol. The fraction of sp³-hybridized carbons (Fsp3) is 0.154. The number of benzene rings is 1. The second-order valence-electron chi connectivity index (χ2n) is 4.23. The first-order valence-corrected chi connectivity index (χ1v) is 7.01. The molecule has 7 nitrogen and oxygen atoms in total. The van der Waals surface area contributed by atoms with Crippen molar-refractivity contribution in [2.75, 3.05) is 24.8 Å². The molecule has 23 heavy (non-hydrogen) atoms. The minimum atomic E-state index is -1.10. The Morgan fingerprint density at radius 2 is 1.91 bits per heavy atom. The minimum absolute atomic E-state index is 0.0125. The number of rotatable bonds is 5. The number of amides is 2. The van der Waals surface area contributed by atoms with Gasteiger partial charge in [-0.1, -0.05) is 11.3 Å². The predicted octanol–water partition coefficient (Wildman–Crippen LogP) is 1.82. The number of thiazole rings is 1. The van der Waals surface area contributed by atoms with Crippen LogP contribution in [-0.4, -0.2) is 31.0 Å². The van der Waals surface area contributed by atoms with Crippen LogP contribution in [0.3, 0.4) is 0 Å². The molecule has 0 aliphatic rings. The van der Waals surface area contributed by atoms with Gasteiger partial charge in [0.2, 0.25) is 0 Å². The van der Waals surface area contributed by atoms with Crippen LogP contribution in [0.2, 0.25) is 0 Å². The number of nitrogens with one attached hydrogen (secondary N) is 2. The average molecular weight is 342 g/mol. The first kappa shape index (κ1) is 16.6. The van der Waals surface area contributed by atoms with Gasteiger partial charge in [-0.2, -0.15) is 0 Å². The van der Waals surface area contributed by atoms with Gasteiger partial charge in [0.1, 0.15) is 27.9 Å². The summed E-state index contributed by atoms with van der Waals surface area (Å²) in [6.45, 7) is 0.